The van der Waals surface area contributed by atoms with Crippen molar-refractivity contribution in [1.29, 1.82) is 0 Å². The smallest absolute Gasteiger partial charge is 0.144 e. The minimum Gasteiger partial charge on any atom is -0.392 e. The molecule has 0 aromatic heterocycles. The number of rotatable bonds is 2. The molecule has 1 aliphatic carbocycles. The largest absolute Gasteiger partial charge is 0.392 e. The third-order valence-electron chi connectivity index (χ3n) is 3.42. The van der Waals surface area contributed by atoms with Crippen molar-refractivity contribution in [1.82, 2.24) is 0 Å². The lowest BCUT2D eigenvalue weighted by Gasteiger charge is -2.36. The third kappa shape index (κ3) is 2.17. The summed E-state index contributed by atoms with van der Waals surface area (Å²) in [7, 11) is 0. The number of Topliss-reactive ketones (excluding diaryl/α,β-unsaturated/α-hetero) is 1. The molecule has 0 aromatic carbocycles. The topological polar surface area (TPSA) is 37.3 Å². The van der Waals surface area contributed by atoms with E-state index < -0.39 is 6.10 Å². The van der Waals surface area contributed by atoms with Gasteiger partial charge in [-0.15, -0.1) is 0 Å². The molecule has 2 unspecified atom stereocenters. The SMILES string of the molecule is CC(C)C(O)C1CCCC(C)(C)C1=O. The van der Waals surface area contributed by atoms with Gasteiger partial charge < -0.3 is 5.11 Å². The second-order valence-corrected chi connectivity index (χ2v) is 5.48. The summed E-state index contributed by atoms with van der Waals surface area (Å²) in [5, 5.41) is 9.93. The first kappa shape index (κ1) is 11.7. The van der Waals surface area contributed by atoms with Gasteiger partial charge in [-0.3, -0.25) is 4.79 Å². The molecule has 0 saturated heterocycles. The van der Waals surface area contributed by atoms with Crippen LogP contribution in [0.15, 0.2) is 0 Å². The molecule has 2 heteroatoms. The summed E-state index contributed by atoms with van der Waals surface area (Å²) in [6.07, 6.45) is 2.43. The number of carbonyl (C=O) groups is 1. The van der Waals surface area contributed by atoms with Crippen LogP contribution in [0.1, 0.15) is 47.0 Å². The van der Waals surface area contributed by atoms with Gasteiger partial charge in [0.1, 0.15) is 5.78 Å². The Balaban J connectivity index is 2.75. The molecule has 1 rings (SSSR count). The van der Waals surface area contributed by atoms with Crippen molar-refractivity contribution < 1.29 is 9.90 Å². The van der Waals surface area contributed by atoms with Crippen LogP contribution in [-0.4, -0.2) is 17.0 Å². The van der Waals surface area contributed by atoms with E-state index in [4.69, 9.17) is 0 Å². The molecular formula is C12H22O2. The molecule has 0 aliphatic heterocycles. The minimum absolute atomic E-state index is 0.126. The van der Waals surface area contributed by atoms with Crippen molar-refractivity contribution in [2.24, 2.45) is 17.3 Å². The Morgan fingerprint density at radius 3 is 2.50 bits per heavy atom. The van der Waals surface area contributed by atoms with Crippen LogP contribution >= 0.6 is 0 Å². The van der Waals surface area contributed by atoms with E-state index in [2.05, 4.69) is 0 Å². The fourth-order valence-corrected chi connectivity index (χ4v) is 2.31. The van der Waals surface area contributed by atoms with E-state index in [-0.39, 0.29) is 23.0 Å². The average Bonchev–Trinajstić information content (AvgIpc) is 2.08. The highest BCUT2D eigenvalue weighted by Gasteiger charge is 2.40. The summed E-state index contributed by atoms with van der Waals surface area (Å²) in [4.78, 5) is 12.0. The molecule has 82 valence electrons. The standard InChI is InChI=1S/C12H22O2/c1-8(2)10(13)9-6-5-7-12(3,4)11(9)14/h8-10,13H,5-7H2,1-4H3. The van der Waals surface area contributed by atoms with Crippen molar-refractivity contribution in [3.05, 3.63) is 0 Å². The second kappa shape index (κ2) is 4.01. The summed E-state index contributed by atoms with van der Waals surface area (Å²) in [6, 6.07) is 0. The highest BCUT2D eigenvalue weighted by Crippen LogP contribution is 2.37. The van der Waals surface area contributed by atoms with E-state index in [0.717, 1.165) is 19.3 Å². The molecule has 0 bridgehead atoms. The van der Waals surface area contributed by atoms with Gasteiger partial charge >= 0.3 is 0 Å². The Labute approximate surface area is 86.7 Å². The van der Waals surface area contributed by atoms with E-state index >= 15 is 0 Å². The number of ketones is 1. The molecule has 2 atom stereocenters. The van der Waals surface area contributed by atoms with E-state index in [1.807, 2.05) is 27.7 Å². The van der Waals surface area contributed by atoms with Gasteiger partial charge in [-0.1, -0.05) is 34.1 Å². The highest BCUT2D eigenvalue weighted by atomic mass is 16.3. The predicted octanol–water partition coefficient (Wildman–Crippen LogP) is 2.40. The summed E-state index contributed by atoms with van der Waals surface area (Å²) in [5.41, 5.74) is -0.223. The fraction of sp³-hybridized carbons (Fsp3) is 0.917. The summed E-state index contributed by atoms with van der Waals surface area (Å²) in [5.74, 6) is 0.307. The lowest BCUT2D eigenvalue weighted by molar-refractivity contribution is -0.139. The average molecular weight is 198 g/mol. The number of carbonyl (C=O) groups excluding carboxylic acids is 1. The zero-order chi connectivity index (χ0) is 10.9. The van der Waals surface area contributed by atoms with Crippen LogP contribution in [0.3, 0.4) is 0 Å². The molecule has 1 aliphatic rings. The minimum atomic E-state index is -0.456. The van der Waals surface area contributed by atoms with E-state index in [0.29, 0.717) is 0 Å². The van der Waals surface area contributed by atoms with Crippen LogP contribution in [0.25, 0.3) is 0 Å². The maximum Gasteiger partial charge on any atom is 0.144 e. The molecule has 0 aromatic rings. The monoisotopic (exact) mass is 198 g/mol. The van der Waals surface area contributed by atoms with Crippen molar-refractivity contribution in [2.45, 2.75) is 53.1 Å². The number of hydrogen-bond donors (Lipinski definition) is 1. The van der Waals surface area contributed by atoms with Crippen molar-refractivity contribution in [3.8, 4) is 0 Å². The van der Waals surface area contributed by atoms with Gasteiger partial charge in [-0.05, 0) is 18.8 Å². The van der Waals surface area contributed by atoms with Crippen LogP contribution < -0.4 is 0 Å². The Hall–Kier alpha value is -0.370. The number of hydrogen-bond acceptors (Lipinski definition) is 2. The van der Waals surface area contributed by atoms with Crippen LogP contribution in [-0.2, 0) is 4.79 Å². The third-order valence-corrected chi connectivity index (χ3v) is 3.42. The molecule has 2 nitrogen and oxygen atoms in total. The Kier molecular flexibility index (Phi) is 3.36. The normalized spacial score (nSPS) is 29.3. The Morgan fingerprint density at radius 1 is 1.43 bits per heavy atom. The maximum atomic E-state index is 12.0. The predicted molar refractivity (Wildman–Crippen MR) is 57.0 cm³/mol. The Morgan fingerprint density at radius 2 is 2.00 bits per heavy atom. The van der Waals surface area contributed by atoms with Crippen molar-refractivity contribution in [2.75, 3.05) is 0 Å². The van der Waals surface area contributed by atoms with Gasteiger partial charge in [0, 0.05) is 11.3 Å². The summed E-state index contributed by atoms with van der Waals surface area (Å²) >= 11 is 0. The van der Waals surface area contributed by atoms with Gasteiger partial charge in [0.25, 0.3) is 0 Å². The first-order chi connectivity index (χ1) is 6.36. The van der Waals surface area contributed by atoms with E-state index in [1.165, 1.54) is 0 Å². The maximum absolute atomic E-state index is 12.0. The highest BCUT2D eigenvalue weighted by molar-refractivity contribution is 5.87. The molecule has 14 heavy (non-hydrogen) atoms. The van der Waals surface area contributed by atoms with Crippen LogP contribution in [0, 0.1) is 17.3 Å². The molecule has 0 heterocycles. The molecular weight excluding hydrogens is 176 g/mol. The van der Waals surface area contributed by atoms with E-state index in [1.54, 1.807) is 0 Å². The second-order valence-electron chi connectivity index (χ2n) is 5.48. The fourth-order valence-electron chi connectivity index (χ4n) is 2.31. The molecule has 0 spiro atoms. The summed E-state index contributed by atoms with van der Waals surface area (Å²) in [6.45, 7) is 7.93. The lowest BCUT2D eigenvalue weighted by atomic mass is 9.68. The first-order valence-electron chi connectivity index (χ1n) is 5.58. The quantitative estimate of drug-likeness (QED) is 0.739. The number of aliphatic hydroxyl groups excluding tert-OH is 1. The molecule has 1 saturated carbocycles. The summed E-state index contributed by atoms with van der Waals surface area (Å²) < 4.78 is 0. The van der Waals surface area contributed by atoms with Gasteiger partial charge in [0.2, 0.25) is 0 Å². The van der Waals surface area contributed by atoms with Gasteiger partial charge in [-0.2, -0.15) is 0 Å². The zero-order valence-electron chi connectivity index (χ0n) is 9.71. The zero-order valence-corrected chi connectivity index (χ0v) is 9.71. The number of aliphatic hydroxyl groups is 1. The van der Waals surface area contributed by atoms with E-state index in [9.17, 15) is 9.90 Å². The van der Waals surface area contributed by atoms with Gasteiger partial charge in [0.05, 0.1) is 6.10 Å². The lowest BCUT2D eigenvalue weighted by Crippen LogP contribution is -2.42. The van der Waals surface area contributed by atoms with Crippen LogP contribution in [0.4, 0.5) is 0 Å². The van der Waals surface area contributed by atoms with Gasteiger partial charge in [-0.25, -0.2) is 0 Å². The van der Waals surface area contributed by atoms with Crippen LogP contribution in [0.2, 0.25) is 0 Å². The molecule has 1 N–H and O–H groups in total. The molecule has 0 amide bonds. The Bertz CT molecular complexity index is 218. The molecule has 1 fully saturated rings. The van der Waals surface area contributed by atoms with Crippen LogP contribution in [0.5, 0.6) is 0 Å². The van der Waals surface area contributed by atoms with Crippen molar-refractivity contribution in [3.63, 3.8) is 0 Å². The van der Waals surface area contributed by atoms with Gasteiger partial charge in [0.15, 0.2) is 0 Å². The first-order valence-corrected chi connectivity index (χ1v) is 5.58. The van der Waals surface area contributed by atoms with Crippen molar-refractivity contribution >= 4 is 5.78 Å². The molecule has 0 radical (unpaired) electrons.